The second kappa shape index (κ2) is 4.39. The Kier molecular flexibility index (Phi) is 3.45. The molecule has 0 saturated heterocycles. The van der Waals surface area contributed by atoms with Gasteiger partial charge in [0.25, 0.3) is 0 Å². The van der Waals surface area contributed by atoms with E-state index < -0.39 is 18.4 Å². The van der Waals surface area contributed by atoms with Crippen LogP contribution in [0.25, 0.3) is 0 Å². The lowest BCUT2D eigenvalue weighted by Crippen LogP contribution is -2.41. The Balaban J connectivity index is 2.26. The van der Waals surface area contributed by atoms with Crippen molar-refractivity contribution in [3.63, 3.8) is 0 Å². The molecule has 3 N–H and O–H groups in total. The van der Waals surface area contributed by atoms with Crippen molar-refractivity contribution in [2.45, 2.75) is 38.2 Å². The van der Waals surface area contributed by atoms with Crippen molar-refractivity contribution in [3.05, 3.63) is 0 Å². The Morgan fingerprint density at radius 3 is 2.23 bits per heavy atom. The fraction of sp³-hybridized carbons (Fsp3) is 0.875. The van der Waals surface area contributed by atoms with E-state index in [1.807, 2.05) is 0 Å². The molecule has 0 bridgehead atoms. The van der Waals surface area contributed by atoms with E-state index in [1.54, 1.807) is 0 Å². The van der Waals surface area contributed by atoms with Gasteiger partial charge in [0.2, 0.25) is 6.43 Å². The molecule has 0 aromatic rings. The van der Waals surface area contributed by atoms with Gasteiger partial charge in [0.15, 0.2) is 0 Å². The van der Waals surface area contributed by atoms with Crippen LogP contribution >= 0.6 is 0 Å². The normalized spacial score (nSPS) is 28.8. The molecule has 2 amide bonds. The third kappa shape index (κ3) is 3.16. The Bertz CT molecular complexity index is 179. The second-order valence-electron chi connectivity index (χ2n) is 3.45. The summed E-state index contributed by atoms with van der Waals surface area (Å²) in [6.07, 6.45) is -0.0595. The number of rotatable bonds is 2. The molecule has 1 aliphatic carbocycles. The standard InChI is InChI=1S/C8H14F2N2O/c9-7(10)5-1-3-6(4-2-5)12-8(11)13/h5-7H,1-4H2,(H3,11,12,13). The smallest absolute Gasteiger partial charge is 0.312 e. The molecule has 0 unspecified atom stereocenters. The average Bonchev–Trinajstić information content (AvgIpc) is 2.04. The molecule has 0 radical (unpaired) electrons. The number of alkyl halides is 2. The Hall–Kier alpha value is -0.870. The largest absolute Gasteiger partial charge is 0.352 e. The molecule has 1 rings (SSSR count). The lowest BCUT2D eigenvalue weighted by molar-refractivity contribution is 0.0516. The topological polar surface area (TPSA) is 55.1 Å². The van der Waals surface area contributed by atoms with E-state index in [1.165, 1.54) is 0 Å². The molecule has 5 heteroatoms. The van der Waals surface area contributed by atoms with Crippen LogP contribution in [-0.2, 0) is 0 Å². The van der Waals surface area contributed by atoms with Gasteiger partial charge in [-0.25, -0.2) is 13.6 Å². The van der Waals surface area contributed by atoms with Crippen molar-refractivity contribution < 1.29 is 13.6 Å². The molecule has 0 aromatic carbocycles. The van der Waals surface area contributed by atoms with Crippen LogP contribution in [0.1, 0.15) is 25.7 Å². The summed E-state index contributed by atoms with van der Waals surface area (Å²) >= 11 is 0. The monoisotopic (exact) mass is 192 g/mol. The summed E-state index contributed by atoms with van der Waals surface area (Å²) in [5.74, 6) is -0.495. The number of hydrogen-bond acceptors (Lipinski definition) is 1. The van der Waals surface area contributed by atoms with Crippen molar-refractivity contribution in [3.8, 4) is 0 Å². The molecular formula is C8H14F2N2O. The van der Waals surface area contributed by atoms with Gasteiger partial charge in [-0.2, -0.15) is 0 Å². The van der Waals surface area contributed by atoms with Crippen molar-refractivity contribution in [2.75, 3.05) is 0 Å². The first-order chi connectivity index (χ1) is 6.09. The van der Waals surface area contributed by atoms with Gasteiger partial charge in [-0.1, -0.05) is 0 Å². The van der Waals surface area contributed by atoms with Gasteiger partial charge in [-0.3, -0.25) is 0 Å². The molecule has 3 nitrogen and oxygen atoms in total. The number of urea groups is 1. The number of carbonyl (C=O) groups is 1. The number of carbonyl (C=O) groups excluding carboxylic acids is 1. The Labute approximate surface area is 75.7 Å². The maximum absolute atomic E-state index is 12.2. The number of primary amides is 1. The lowest BCUT2D eigenvalue weighted by Gasteiger charge is -2.27. The zero-order valence-corrected chi connectivity index (χ0v) is 7.30. The van der Waals surface area contributed by atoms with Crippen molar-refractivity contribution in [1.29, 1.82) is 0 Å². The average molecular weight is 192 g/mol. The minimum absolute atomic E-state index is 0.00694. The van der Waals surface area contributed by atoms with Crippen LogP contribution in [-0.4, -0.2) is 18.5 Å². The van der Waals surface area contributed by atoms with Gasteiger partial charge in [0.1, 0.15) is 0 Å². The Morgan fingerprint density at radius 2 is 1.85 bits per heavy atom. The summed E-state index contributed by atoms with van der Waals surface area (Å²) in [7, 11) is 0. The van der Waals surface area contributed by atoms with Crippen LogP contribution in [0.15, 0.2) is 0 Å². The van der Waals surface area contributed by atoms with Crippen LogP contribution in [0.3, 0.4) is 0 Å². The predicted octanol–water partition coefficient (Wildman–Crippen LogP) is 1.48. The molecule has 76 valence electrons. The van der Waals surface area contributed by atoms with Crippen LogP contribution in [0.4, 0.5) is 13.6 Å². The number of nitrogens with one attached hydrogen (secondary N) is 1. The highest BCUT2D eigenvalue weighted by molar-refractivity contribution is 5.71. The Morgan fingerprint density at radius 1 is 1.31 bits per heavy atom. The second-order valence-corrected chi connectivity index (χ2v) is 3.45. The van der Waals surface area contributed by atoms with Gasteiger partial charge >= 0.3 is 6.03 Å². The molecule has 1 aliphatic rings. The molecule has 0 atom stereocenters. The number of halogens is 2. The highest BCUT2D eigenvalue weighted by Gasteiger charge is 2.27. The van der Waals surface area contributed by atoms with E-state index >= 15 is 0 Å². The summed E-state index contributed by atoms with van der Waals surface area (Å²) in [6, 6.07) is -0.576. The van der Waals surface area contributed by atoms with Crippen molar-refractivity contribution >= 4 is 6.03 Å². The van der Waals surface area contributed by atoms with E-state index in [0.717, 1.165) is 0 Å². The molecule has 0 spiro atoms. The van der Waals surface area contributed by atoms with Crippen LogP contribution in [0, 0.1) is 5.92 Å². The van der Waals surface area contributed by atoms with Gasteiger partial charge in [-0.05, 0) is 25.7 Å². The van der Waals surface area contributed by atoms with Crippen LogP contribution in [0.2, 0.25) is 0 Å². The van der Waals surface area contributed by atoms with E-state index in [2.05, 4.69) is 5.32 Å². The highest BCUT2D eigenvalue weighted by atomic mass is 19.3. The number of nitrogens with two attached hydrogens (primary N) is 1. The molecule has 0 aliphatic heterocycles. The first kappa shape index (κ1) is 10.2. The van der Waals surface area contributed by atoms with Crippen molar-refractivity contribution in [1.82, 2.24) is 5.32 Å². The third-order valence-corrected chi connectivity index (χ3v) is 2.47. The SMILES string of the molecule is NC(=O)NC1CCC(C(F)F)CC1. The summed E-state index contributed by atoms with van der Waals surface area (Å²) in [5.41, 5.74) is 4.92. The zero-order valence-electron chi connectivity index (χ0n) is 7.30. The molecule has 1 fully saturated rings. The molecule has 0 heterocycles. The summed E-state index contributed by atoms with van der Waals surface area (Å²) in [5, 5.41) is 2.54. The maximum atomic E-state index is 12.2. The van der Waals surface area contributed by atoms with Crippen molar-refractivity contribution in [2.24, 2.45) is 11.7 Å². The van der Waals surface area contributed by atoms with Gasteiger partial charge in [0.05, 0.1) is 0 Å². The van der Waals surface area contributed by atoms with Gasteiger partial charge in [-0.15, -0.1) is 0 Å². The number of amides is 2. The van der Waals surface area contributed by atoms with Crippen LogP contribution < -0.4 is 11.1 Å². The minimum atomic E-state index is -2.23. The summed E-state index contributed by atoms with van der Waals surface area (Å²) in [4.78, 5) is 10.4. The lowest BCUT2D eigenvalue weighted by atomic mass is 9.86. The predicted molar refractivity (Wildman–Crippen MR) is 44.5 cm³/mol. The zero-order chi connectivity index (χ0) is 9.84. The molecule has 0 aromatic heterocycles. The van der Waals surface area contributed by atoms with E-state index in [9.17, 15) is 13.6 Å². The van der Waals surface area contributed by atoms with Gasteiger partial charge in [0, 0.05) is 12.0 Å². The quantitative estimate of drug-likeness (QED) is 0.684. The van der Waals surface area contributed by atoms with E-state index in [4.69, 9.17) is 5.73 Å². The fourth-order valence-corrected chi connectivity index (χ4v) is 1.72. The summed E-state index contributed by atoms with van der Waals surface area (Å²) in [6.45, 7) is 0. The third-order valence-electron chi connectivity index (χ3n) is 2.47. The molecule has 13 heavy (non-hydrogen) atoms. The minimum Gasteiger partial charge on any atom is -0.352 e. The number of hydrogen-bond donors (Lipinski definition) is 2. The highest BCUT2D eigenvalue weighted by Crippen LogP contribution is 2.28. The maximum Gasteiger partial charge on any atom is 0.312 e. The first-order valence-corrected chi connectivity index (χ1v) is 4.43. The summed E-state index contributed by atoms with van der Waals surface area (Å²) < 4.78 is 24.4. The molecular weight excluding hydrogens is 178 g/mol. The van der Waals surface area contributed by atoms with E-state index in [-0.39, 0.29) is 6.04 Å². The van der Waals surface area contributed by atoms with Gasteiger partial charge < -0.3 is 11.1 Å². The van der Waals surface area contributed by atoms with Crippen LogP contribution in [0.5, 0.6) is 0 Å². The fourth-order valence-electron chi connectivity index (χ4n) is 1.72. The molecule has 1 saturated carbocycles. The van der Waals surface area contributed by atoms with E-state index in [0.29, 0.717) is 25.7 Å². The first-order valence-electron chi connectivity index (χ1n) is 4.43.